The predicted molar refractivity (Wildman–Crippen MR) is 91.9 cm³/mol. The van der Waals surface area contributed by atoms with Gasteiger partial charge in [0.15, 0.2) is 11.5 Å². The first-order valence-electron chi connectivity index (χ1n) is 8.20. The predicted octanol–water partition coefficient (Wildman–Crippen LogP) is 3.88. The summed E-state index contributed by atoms with van der Waals surface area (Å²) in [6.07, 6.45) is 1.56. The van der Waals surface area contributed by atoms with E-state index in [9.17, 15) is 5.26 Å². The Hall–Kier alpha value is -2.67. The van der Waals surface area contributed by atoms with E-state index in [1.807, 2.05) is 24.3 Å². The van der Waals surface area contributed by atoms with Crippen molar-refractivity contribution < 1.29 is 14.2 Å². The van der Waals surface area contributed by atoms with Gasteiger partial charge >= 0.3 is 0 Å². The van der Waals surface area contributed by atoms with Gasteiger partial charge in [0, 0.05) is 0 Å². The molecule has 1 heterocycles. The second-order valence-corrected chi connectivity index (χ2v) is 5.79. The summed E-state index contributed by atoms with van der Waals surface area (Å²) in [5, 5.41) is 9.67. The van der Waals surface area contributed by atoms with E-state index in [0.717, 1.165) is 29.0 Å². The van der Waals surface area contributed by atoms with E-state index in [-0.39, 0.29) is 5.92 Å². The summed E-state index contributed by atoms with van der Waals surface area (Å²) in [4.78, 5) is 0. The highest BCUT2D eigenvalue weighted by molar-refractivity contribution is 5.47. The molecular formula is C20H21NO3. The highest BCUT2D eigenvalue weighted by atomic mass is 16.6. The van der Waals surface area contributed by atoms with E-state index in [4.69, 9.17) is 14.2 Å². The Morgan fingerprint density at radius 1 is 1.12 bits per heavy atom. The zero-order chi connectivity index (χ0) is 16.9. The number of methoxy groups -OCH3 is 1. The summed E-state index contributed by atoms with van der Waals surface area (Å²) in [6, 6.07) is 14.3. The number of hydrogen-bond acceptors (Lipinski definition) is 4. The highest BCUT2D eigenvalue weighted by Crippen LogP contribution is 2.35. The second-order valence-electron chi connectivity index (χ2n) is 5.79. The molecule has 0 radical (unpaired) electrons. The summed E-state index contributed by atoms with van der Waals surface area (Å²) in [5.41, 5.74) is 3.23. The van der Waals surface area contributed by atoms with Crippen molar-refractivity contribution in [2.24, 2.45) is 0 Å². The van der Waals surface area contributed by atoms with E-state index < -0.39 is 0 Å². The fourth-order valence-corrected chi connectivity index (χ4v) is 2.95. The molecular weight excluding hydrogens is 302 g/mol. The highest BCUT2D eigenvalue weighted by Gasteiger charge is 2.19. The van der Waals surface area contributed by atoms with Crippen LogP contribution >= 0.6 is 0 Å². The van der Waals surface area contributed by atoms with Crippen LogP contribution in [-0.4, -0.2) is 20.3 Å². The van der Waals surface area contributed by atoms with Crippen molar-refractivity contribution in [1.82, 2.24) is 0 Å². The Kier molecular flexibility index (Phi) is 4.90. The number of aryl methyl sites for hydroxylation is 1. The molecule has 0 aromatic heterocycles. The summed E-state index contributed by atoms with van der Waals surface area (Å²) >= 11 is 0. The van der Waals surface area contributed by atoms with Gasteiger partial charge in [-0.25, -0.2) is 0 Å². The van der Waals surface area contributed by atoms with Crippen molar-refractivity contribution in [2.75, 3.05) is 20.3 Å². The smallest absolute Gasteiger partial charge is 0.161 e. The molecule has 1 atom stereocenters. The number of benzene rings is 2. The van der Waals surface area contributed by atoms with E-state index >= 15 is 0 Å². The van der Waals surface area contributed by atoms with Crippen LogP contribution in [0.15, 0.2) is 36.4 Å². The molecule has 24 heavy (non-hydrogen) atoms. The number of hydrogen-bond donors (Lipinski definition) is 0. The van der Waals surface area contributed by atoms with E-state index in [0.29, 0.717) is 25.4 Å². The number of nitrogens with zero attached hydrogens (tertiary/aromatic N) is 1. The van der Waals surface area contributed by atoms with E-state index in [1.54, 1.807) is 7.11 Å². The Bertz CT molecular complexity index is 764. The van der Waals surface area contributed by atoms with Crippen molar-refractivity contribution in [1.29, 1.82) is 5.26 Å². The lowest BCUT2D eigenvalue weighted by Gasteiger charge is -2.20. The molecule has 124 valence electrons. The van der Waals surface area contributed by atoms with Crippen molar-refractivity contribution >= 4 is 0 Å². The van der Waals surface area contributed by atoms with Crippen molar-refractivity contribution in [2.45, 2.75) is 25.7 Å². The zero-order valence-corrected chi connectivity index (χ0v) is 14.0. The Morgan fingerprint density at radius 2 is 1.92 bits per heavy atom. The summed E-state index contributed by atoms with van der Waals surface area (Å²) in [6.45, 7) is 3.23. The topological polar surface area (TPSA) is 51.5 Å². The Labute approximate surface area is 142 Å². The van der Waals surface area contributed by atoms with Crippen LogP contribution in [0.5, 0.6) is 17.2 Å². The van der Waals surface area contributed by atoms with Crippen molar-refractivity contribution in [3.63, 3.8) is 0 Å². The molecule has 1 aliphatic rings. The Morgan fingerprint density at radius 3 is 2.62 bits per heavy atom. The van der Waals surface area contributed by atoms with Gasteiger partial charge in [0.2, 0.25) is 0 Å². The zero-order valence-electron chi connectivity index (χ0n) is 14.0. The van der Waals surface area contributed by atoms with Crippen LogP contribution < -0.4 is 14.2 Å². The van der Waals surface area contributed by atoms with Gasteiger partial charge in [-0.05, 0) is 47.7 Å². The average Bonchev–Trinajstić information content (AvgIpc) is 2.65. The number of rotatable bonds is 5. The van der Waals surface area contributed by atoms with Gasteiger partial charge in [-0.1, -0.05) is 25.1 Å². The summed E-state index contributed by atoms with van der Waals surface area (Å²) < 4.78 is 16.6. The molecule has 2 aromatic rings. The fraction of sp³-hybridized carbons (Fsp3) is 0.350. The van der Waals surface area contributed by atoms with Gasteiger partial charge < -0.3 is 14.2 Å². The lowest BCUT2D eigenvalue weighted by molar-refractivity contribution is 0.171. The maximum atomic E-state index is 9.67. The fourth-order valence-electron chi connectivity index (χ4n) is 2.95. The van der Waals surface area contributed by atoms with Crippen LogP contribution in [0.3, 0.4) is 0 Å². The molecule has 0 amide bonds. The van der Waals surface area contributed by atoms with E-state index in [2.05, 4.69) is 25.1 Å². The van der Waals surface area contributed by atoms with Gasteiger partial charge in [0.1, 0.15) is 19.0 Å². The Balaban J connectivity index is 1.89. The third-order valence-electron chi connectivity index (χ3n) is 4.30. The third kappa shape index (κ3) is 3.30. The maximum absolute atomic E-state index is 9.67. The quantitative estimate of drug-likeness (QED) is 0.838. The molecule has 0 spiro atoms. The van der Waals surface area contributed by atoms with Crippen molar-refractivity contribution in [3.05, 3.63) is 53.1 Å². The molecule has 3 rings (SSSR count). The number of fused-ring (bicyclic) bond motifs is 1. The molecule has 1 aliphatic heterocycles. The van der Waals surface area contributed by atoms with E-state index in [1.165, 1.54) is 5.56 Å². The van der Waals surface area contributed by atoms with Gasteiger partial charge in [-0.15, -0.1) is 0 Å². The minimum Gasteiger partial charge on any atom is -0.496 e. The minimum absolute atomic E-state index is 0.262. The molecule has 0 saturated heterocycles. The second kappa shape index (κ2) is 7.27. The monoisotopic (exact) mass is 323 g/mol. The molecule has 0 N–H and O–H groups in total. The molecule has 0 saturated carbocycles. The maximum Gasteiger partial charge on any atom is 0.161 e. The first-order valence-corrected chi connectivity index (χ1v) is 8.20. The lowest BCUT2D eigenvalue weighted by Crippen LogP contribution is -2.15. The van der Waals surface area contributed by atoms with Crippen LogP contribution in [-0.2, 0) is 12.8 Å². The van der Waals surface area contributed by atoms with Gasteiger partial charge in [0.05, 0.1) is 19.1 Å². The average molecular weight is 323 g/mol. The van der Waals surface area contributed by atoms with Gasteiger partial charge in [-0.3, -0.25) is 0 Å². The summed E-state index contributed by atoms with van der Waals surface area (Å²) in [5.74, 6) is 2.02. The molecule has 4 nitrogen and oxygen atoms in total. The van der Waals surface area contributed by atoms with Crippen LogP contribution in [0.1, 0.15) is 29.5 Å². The van der Waals surface area contributed by atoms with Crippen LogP contribution in [0, 0.1) is 11.3 Å². The minimum atomic E-state index is -0.262. The summed E-state index contributed by atoms with van der Waals surface area (Å²) in [7, 11) is 1.66. The molecule has 4 heteroatoms. The SMILES string of the molecule is CCc1ccc(OC)c(CC(C#N)c2ccc3c(c2)OCCO3)c1. The largest absolute Gasteiger partial charge is 0.496 e. The third-order valence-corrected chi connectivity index (χ3v) is 4.30. The lowest BCUT2D eigenvalue weighted by atomic mass is 9.91. The molecule has 0 fully saturated rings. The standard InChI is InChI=1S/C20H21NO3/c1-3-14-4-6-18(22-2)16(10-14)11-17(13-21)15-5-7-19-20(12-15)24-9-8-23-19/h4-7,10,12,17H,3,8-9,11H2,1-2H3. The van der Waals surface area contributed by atoms with Crippen LogP contribution in [0.2, 0.25) is 0 Å². The number of ether oxygens (including phenoxy) is 3. The molecule has 1 unspecified atom stereocenters. The van der Waals surface area contributed by atoms with Crippen LogP contribution in [0.25, 0.3) is 0 Å². The molecule has 0 bridgehead atoms. The van der Waals surface area contributed by atoms with Crippen molar-refractivity contribution in [3.8, 4) is 23.3 Å². The first-order chi connectivity index (χ1) is 11.7. The normalized spacial score (nSPS) is 13.9. The number of nitriles is 1. The molecule has 2 aromatic carbocycles. The van der Waals surface area contributed by atoms with Crippen LogP contribution in [0.4, 0.5) is 0 Å². The van der Waals surface area contributed by atoms with Gasteiger partial charge in [-0.2, -0.15) is 5.26 Å². The molecule has 0 aliphatic carbocycles. The van der Waals surface area contributed by atoms with Gasteiger partial charge in [0.25, 0.3) is 0 Å². The first kappa shape index (κ1) is 16.2.